The molecule has 53 heavy (non-hydrogen) atoms. The summed E-state index contributed by atoms with van der Waals surface area (Å²) in [6, 6.07) is 77.1. The van der Waals surface area contributed by atoms with Crippen molar-refractivity contribution >= 4 is 22.8 Å². The van der Waals surface area contributed by atoms with E-state index in [9.17, 15) is 0 Å². The Hall–Kier alpha value is -6.90. The molecule has 0 N–H and O–H groups in total. The van der Waals surface area contributed by atoms with E-state index in [4.69, 9.17) is 9.98 Å². The van der Waals surface area contributed by atoms with E-state index in [-0.39, 0.29) is 0 Å². The molecule has 0 aliphatic heterocycles. The summed E-state index contributed by atoms with van der Waals surface area (Å²) in [5.74, 6) is 0. The van der Waals surface area contributed by atoms with Crippen molar-refractivity contribution in [3.63, 3.8) is 0 Å². The molecule has 0 fully saturated rings. The lowest BCUT2D eigenvalue weighted by Gasteiger charge is -2.34. The number of hydrogen-bond acceptors (Lipinski definition) is 2. The number of aliphatic imine (C=N–C) groups is 2. The molecule has 0 aromatic heterocycles. The molecule has 8 aromatic rings. The maximum atomic E-state index is 5.41. The smallest absolute Gasteiger partial charge is 0.0781 e. The van der Waals surface area contributed by atoms with Gasteiger partial charge >= 0.3 is 0 Å². The molecule has 0 radical (unpaired) electrons. The summed E-state index contributed by atoms with van der Waals surface area (Å²) in [5, 5.41) is 0. The molecular weight excluding hydrogens is 641 g/mol. The van der Waals surface area contributed by atoms with Crippen molar-refractivity contribution in [2.75, 3.05) is 0 Å². The van der Waals surface area contributed by atoms with Crippen LogP contribution in [-0.2, 0) is 5.41 Å². The maximum Gasteiger partial charge on any atom is 0.0781 e. The highest BCUT2D eigenvalue weighted by Crippen LogP contribution is 2.57. The van der Waals surface area contributed by atoms with E-state index in [1.165, 1.54) is 33.4 Å². The van der Waals surface area contributed by atoms with Crippen LogP contribution in [0.4, 0.5) is 11.4 Å². The van der Waals surface area contributed by atoms with Gasteiger partial charge in [0.05, 0.1) is 28.2 Å². The molecular formula is C51H36N2. The average molecular weight is 677 g/mol. The molecule has 8 aromatic carbocycles. The summed E-state index contributed by atoms with van der Waals surface area (Å²) >= 11 is 0. The Balaban J connectivity index is 1.30. The van der Waals surface area contributed by atoms with Gasteiger partial charge in [-0.2, -0.15) is 0 Å². The molecule has 0 heterocycles. The van der Waals surface area contributed by atoms with Crippen LogP contribution in [0, 0.1) is 0 Å². The zero-order valence-electron chi connectivity index (χ0n) is 29.2. The minimum absolute atomic E-state index is 0.608. The van der Waals surface area contributed by atoms with E-state index >= 15 is 0 Å². The van der Waals surface area contributed by atoms with Crippen LogP contribution >= 0.6 is 0 Å². The van der Waals surface area contributed by atoms with E-state index in [0.717, 1.165) is 45.1 Å². The fraction of sp³-hybridized carbons (Fsp3) is 0.0196. The van der Waals surface area contributed by atoms with Gasteiger partial charge in [0.1, 0.15) is 0 Å². The molecule has 2 nitrogen and oxygen atoms in total. The first-order chi connectivity index (χ1) is 26.3. The zero-order chi connectivity index (χ0) is 35.5. The molecule has 0 bridgehead atoms. The summed E-state index contributed by atoms with van der Waals surface area (Å²) in [4.78, 5) is 10.8. The Morgan fingerprint density at radius 2 is 0.585 bits per heavy atom. The van der Waals surface area contributed by atoms with Gasteiger partial charge in [0.15, 0.2) is 0 Å². The summed E-state index contributed by atoms with van der Waals surface area (Å²) < 4.78 is 0. The summed E-state index contributed by atoms with van der Waals surface area (Å²) in [7, 11) is 0. The topological polar surface area (TPSA) is 24.7 Å². The van der Waals surface area contributed by atoms with Gasteiger partial charge in [-0.1, -0.05) is 194 Å². The van der Waals surface area contributed by atoms with Crippen LogP contribution < -0.4 is 0 Å². The third kappa shape index (κ3) is 5.91. The zero-order valence-corrected chi connectivity index (χ0v) is 29.2. The standard InChI is InChI=1S/C51H36N2/c1-7-19-37(20-8-1)49(38-21-9-2-10-22-38)52-43-31-33-45-46-34-32-44(53-50(39-23-11-3-12-24-39)40-25-13-4-14-26-40)36-48(46)51(47(45)35-43,41-27-15-5-16-28-41)42-29-17-6-18-30-42/h1-36H. The number of benzene rings is 8. The lowest BCUT2D eigenvalue weighted by Crippen LogP contribution is -2.28. The van der Waals surface area contributed by atoms with Crippen molar-refractivity contribution in [3.05, 3.63) is 263 Å². The van der Waals surface area contributed by atoms with Crippen molar-refractivity contribution in [3.8, 4) is 11.1 Å². The molecule has 9 rings (SSSR count). The van der Waals surface area contributed by atoms with Gasteiger partial charge in [-0.3, -0.25) is 0 Å². The van der Waals surface area contributed by atoms with Crippen LogP contribution in [0.5, 0.6) is 0 Å². The van der Waals surface area contributed by atoms with Gasteiger partial charge in [0.2, 0.25) is 0 Å². The van der Waals surface area contributed by atoms with Gasteiger partial charge in [0.25, 0.3) is 0 Å². The molecule has 250 valence electrons. The Morgan fingerprint density at radius 1 is 0.302 bits per heavy atom. The Morgan fingerprint density at radius 3 is 0.887 bits per heavy atom. The summed E-state index contributed by atoms with van der Waals surface area (Å²) in [6.45, 7) is 0. The predicted molar refractivity (Wildman–Crippen MR) is 220 cm³/mol. The van der Waals surface area contributed by atoms with Crippen LogP contribution in [-0.4, -0.2) is 11.4 Å². The van der Waals surface area contributed by atoms with Crippen molar-refractivity contribution in [2.45, 2.75) is 5.41 Å². The van der Waals surface area contributed by atoms with Crippen molar-refractivity contribution in [1.82, 2.24) is 0 Å². The Kier molecular flexibility index (Phi) is 8.47. The van der Waals surface area contributed by atoms with Crippen LogP contribution in [0.1, 0.15) is 44.5 Å². The second-order valence-electron chi connectivity index (χ2n) is 13.3. The van der Waals surface area contributed by atoms with E-state index in [2.05, 4.69) is 194 Å². The largest absolute Gasteiger partial charge is 0.248 e. The summed E-state index contributed by atoms with van der Waals surface area (Å²) in [6.07, 6.45) is 0. The summed E-state index contributed by atoms with van der Waals surface area (Å²) in [5.41, 5.74) is 14.6. The number of hydrogen-bond donors (Lipinski definition) is 0. The fourth-order valence-corrected chi connectivity index (χ4v) is 7.84. The van der Waals surface area contributed by atoms with Crippen molar-refractivity contribution in [2.24, 2.45) is 9.98 Å². The molecule has 0 atom stereocenters. The third-order valence-electron chi connectivity index (χ3n) is 10.2. The monoisotopic (exact) mass is 676 g/mol. The SMILES string of the molecule is c1ccc(C(=Nc2ccc3c(c2)C(c2ccccc2)(c2ccccc2)c2cc(N=C(c4ccccc4)c4ccccc4)ccc2-3)c2ccccc2)cc1. The number of rotatable bonds is 8. The second-order valence-corrected chi connectivity index (χ2v) is 13.3. The van der Waals surface area contributed by atoms with Crippen molar-refractivity contribution in [1.29, 1.82) is 0 Å². The van der Waals surface area contributed by atoms with Gasteiger partial charge in [-0.05, 0) is 57.6 Å². The number of nitrogens with zero attached hydrogens (tertiary/aromatic N) is 2. The lowest BCUT2D eigenvalue weighted by molar-refractivity contribution is 0.768. The quantitative estimate of drug-likeness (QED) is 0.143. The van der Waals surface area contributed by atoms with E-state index < -0.39 is 5.41 Å². The Labute approximate surface area is 311 Å². The maximum absolute atomic E-state index is 5.41. The first kappa shape index (κ1) is 32.0. The minimum atomic E-state index is -0.608. The molecule has 0 saturated carbocycles. The van der Waals surface area contributed by atoms with E-state index in [1.54, 1.807) is 0 Å². The van der Waals surface area contributed by atoms with Crippen LogP contribution in [0.3, 0.4) is 0 Å². The first-order valence-corrected chi connectivity index (χ1v) is 18.1. The van der Waals surface area contributed by atoms with E-state index in [0.29, 0.717) is 0 Å². The van der Waals surface area contributed by atoms with Crippen LogP contribution in [0.2, 0.25) is 0 Å². The molecule has 0 saturated heterocycles. The van der Waals surface area contributed by atoms with Gasteiger partial charge in [-0.25, -0.2) is 9.98 Å². The molecule has 0 unspecified atom stereocenters. The highest BCUT2D eigenvalue weighted by atomic mass is 14.8. The van der Waals surface area contributed by atoms with E-state index in [1.807, 2.05) is 24.3 Å². The third-order valence-corrected chi connectivity index (χ3v) is 10.2. The highest BCUT2D eigenvalue weighted by molar-refractivity contribution is 6.14. The second kappa shape index (κ2) is 14.0. The van der Waals surface area contributed by atoms with Crippen LogP contribution in [0.25, 0.3) is 11.1 Å². The predicted octanol–water partition coefficient (Wildman–Crippen LogP) is 12.4. The Bertz CT molecular complexity index is 2290. The average Bonchev–Trinajstić information content (AvgIpc) is 3.53. The van der Waals surface area contributed by atoms with Crippen molar-refractivity contribution < 1.29 is 0 Å². The molecule has 1 aliphatic rings. The molecule has 0 spiro atoms. The molecule has 0 amide bonds. The van der Waals surface area contributed by atoms with Crippen LogP contribution in [0.15, 0.2) is 228 Å². The fourth-order valence-electron chi connectivity index (χ4n) is 7.84. The van der Waals surface area contributed by atoms with Gasteiger partial charge in [-0.15, -0.1) is 0 Å². The number of fused-ring (bicyclic) bond motifs is 3. The first-order valence-electron chi connectivity index (χ1n) is 18.1. The van der Waals surface area contributed by atoms with Gasteiger partial charge < -0.3 is 0 Å². The van der Waals surface area contributed by atoms with Gasteiger partial charge in [0, 0.05) is 22.3 Å². The highest BCUT2D eigenvalue weighted by Gasteiger charge is 2.46. The lowest BCUT2D eigenvalue weighted by atomic mass is 9.67. The molecule has 1 aliphatic carbocycles. The minimum Gasteiger partial charge on any atom is -0.248 e. The molecule has 2 heteroatoms. The normalized spacial score (nSPS) is 12.3.